The Hall–Kier alpha value is -2.06. The van der Waals surface area contributed by atoms with Gasteiger partial charge in [-0.3, -0.25) is 14.4 Å². The molecule has 0 bridgehead atoms. The number of rotatable bonds is 30. The fourth-order valence-corrected chi connectivity index (χ4v) is 12.9. The van der Waals surface area contributed by atoms with Gasteiger partial charge in [0.25, 0.3) is 5.24 Å². The maximum absolute atomic E-state index is 13.6. The molecule has 0 heterocycles. The van der Waals surface area contributed by atoms with Crippen molar-refractivity contribution in [2.45, 2.75) is 222 Å². The molecule has 0 saturated heterocycles. The summed E-state index contributed by atoms with van der Waals surface area (Å²) in [6.07, 6.45) is 35.2. The van der Waals surface area contributed by atoms with Crippen LogP contribution in [-0.2, 0) is 19.1 Å². The van der Waals surface area contributed by atoms with E-state index in [-0.39, 0.29) is 60.7 Å². The Morgan fingerprint density at radius 2 is 1.37 bits per heavy atom. The van der Waals surface area contributed by atoms with Crippen molar-refractivity contribution in [2.24, 2.45) is 46.3 Å². The van der Waals surface area contributed by atoms with Gasteiger partial charge in [0.1, 0.15) is 12.2 Å². The molecule has 4 rings (SSSR count). The highest BCUT2D eigenvalue weighted by Gasteiger charge is 2.57. The van der Waals surface area contributed by atoms with Crippen LogP contribution in [0, 0.1) is 46.3 Å². The van der Waals surface area contributed by atoms with Gasteiger partial charge >= 0.3 is 11.9 Å². The number of allylic oxidation sites excluding steroid dienone is 5. The van der Waals surface area contributed by atoms with Crippen LogP contribution in [0.2, 0.25) is 0 Å². The number of hydrogen-bond acceptors (Lipinski definition) is 7. The molecule has 0 aromatic rings. The summed E-state index contributed by atoms with van der Waals surface area (Å²) in [5.74, 6) is 4.06. The van der Waals surface area contributed by atoms with E-state index in [0.29, 0.717) is 40.8 Å². The number of carbonyl (C=O) groups excluding carboxylic acids is 3. The Morgan fingerprint density at radius 1 is 0.738 bits per heavy atom. The van der Waals surface area contributed by atoms with Gasteiger partial charge in [0.2, 0.25) is 0 Å². The van der Waals surface area contributed by atoms with Gasteiger partial charge in [0, 0.05) is 25.3 Å². The Morgan fingerprint density at radius 3 is 2.00 bits per heavy atom. The SMILES string of the molecule is CCCCCCCCC(CCCCCCCC)OC(=O)CCN(CCC(=O)OC1CCC2(C)C(=CC=C3C2CCC2(C)C3CCC2C(C)/C=C/C(C)C(C)C)C1)C(=O)SCCCN(C)C. The van der Waals surface area contributed by atoms with Crippen molar-refractivity contribution in [2.75, 3.05) is 39.5 Å². The second kappa shape index (κ2) is 28.4. The summed E-state index contributed by atoms with van der Waals surface area (Å²) in [4.78, 5) is 44.4. The van der Waals surface area contributed by atoms with Crippen LogP contribution >= 0.6 is 11.8 Å². The van der Waals surface area contributed by atoms with Crippen LogP contribution in [0.3, 0.4) is 0 Å². The van der Waals surface area contributed by atoms with Crippen LogP contribution < -0.4 is 0 Å². The number of thioether (sulfide) groups is 1. The Bertz CT molecular complexity index is 1520. The molecule has 8 unspecified atom stereocenters. The number of unbranched alkanes of at least 4 members (excludes halogenated alkanes) is 10. The van der Waals surface area contributed by atoms with E-state index in [2.05, 4.69) is 84.6 Å². The lowest BCUT2D eigenvalue weighted by molar-refractivity contribution is -0.151. The summed E-state index contributed by atoms with van der Waals surface area (Å²) >= 11 is 1.29. The number of amides is 1. The highest BCUT2D eigenvalue weighted by atomic mass is 32.2. The summed E-state index contributed by atoms with van der Waals surface area (Å²) in [5, 5.41) is -0.0766. The van der Waals surface area contributed by atoms with Crippen LogP contribution in [0.25, 0.3) is 0 Å². The van der Waals surface area contributed by atoms with Crippen molar-refractivity contribution in [3.8, 4) is 0 Å². The maximum Gasteiger partial charge on any atom is 0.307 e. The summed E-state index contributed by atoms with van der Waals surface area (Å²) in [6, 6.07) is 0. The predicted octanol–water partition coefficient (Wildman–Crippen LogP) is 15.2. The first-order valence-corrected chi connectivity index (χ1v) is 28.2. The first kappa shape index (κ1) is 55.5. The monoisotopic (exact) mass is 923 g/mol. The molecule has 0 spiro atoms. The molecular weight excluding hydrogens is 825 g/mol. The standard InChI is InChI=1S/C57H98N2O5S/c1-11-13-15-17-19-21-24-47(25-22-20-18-16-14-12-2)63-53(60)34-39-59(55(62)65-41-23-38-58(9)10)40-35-54(61)64-48-32-36-56(7)46(42-48)28-29-49-51-31-30-50(57(51,8)37-33-52(49)56)45(6)27-26-44(5)43(3)4/h26-29,43-45,47-48,50-52H,11-25,30-42H2,1-10H3/b27-26+. The number of ether oxygens (including phenoxy) is 2. The second-order valence-corrected chi connectivity index (χ2v) is 23.3. The maximum atomic E-state index is 13.6. The molecule has 0 aliphatic heterocycles. The molecule has 3 saturated carbocycles. The van der Waals surface area contributed by atoms with E-state index in [1.54, 1.807) is 10.5 Å². The van der Waals surface area contributed by atoms with Gasteiger partial charge < -0.3 is 19.3 Å². The van der Waals surface area contributed by atoms with Crippen LogP contribution in [0.5, 0.6) is 0 Å². The van der Waals surface area contributed by atoms with E-state index < -0.39 is 0 Å². The fraction of sp³-hybridized carbons (Fsp3) is 0.842. The molecule has 0 radical (unpaired) electrons. The molecular formula is C57H98N2O5S. The van der Waals surface area contributed by atoms with Gasteiger partial charge in [0.05, 0.1) is 12.8 Å². The van der Waals surface area contributed by atoms with E-state index in [4.69, 9.17) is 9.47 Å². The number of carbonyl (C=O) groups is 3. The average molecular weight is 923 g/mol. The summed E-state index contributed by atoms with van der Waals surface area (Å²) < 4.78 is 12.4. The van der Waals surface area contributed by atoms with E-state index in [1.807, 2.05) is 14.1 Å². The third-order valence-corrected chi connectivity index (χ3v) is 17.8. The van der Waals surface area contributed by atoms with E-state index >= 15 is 0 Å². The first-order valence-electron chi connectivity index (χ1n) is 27.2. The van der Waals surface area contributed by atoms with Crippen molar-refractivity contribution in [1.29, 1.82) is 0 Å². The topological polar surface area (TPSA) is 76.1 Å². The molecule has 0 aromatic carbocycles. The van der Waals surface area contributed by atoms with Gasteiger partial charge in [-0.05, 0) is 138 Å². The van der Waals surface area contributed by atoms with Crippen LogP contribution in [-0.4, -0.2) is 78.7 Å². The molecule has 0 N–H and O–H groups in total. The van der Waals surface area contributed by atoms with Gasteiger partial charge in [-0.2, -0.15) is 0 Å². The first-order chi connectivity index (χ1) is 31.1. The summed E-state index contributed by atoms with van der Waals surface area (Å²) in [5.41, 5.74) is 3.62. The Kier molecular flexibility index (Phi) is 24.3. The minimum absolute atomic E-state index is 0.0636. The summed E-state index contributed by atoms with van der Waals surface area (Å²) in [6.45, 7) is 20.5. The minimum Gasteiger partial charge on any atom is -0.462 e. The number of nitrogens with zero attached hydrogens (tertiary/aromatic N) is 2. The van der Waals surface area contributed by atoms with Gasteiger partial charge in [-0.1, -0.05) is 167 Å². The molecule has 8 heteroatoms. The lowest BCUT2D eigenvalue weighted by Gasteiger charge is -2.55. The van der Waals surface area contributed by atoms with Crippen molar-refractivity contribution < 1.29 is 23.9 Å². The fourth-order valence-electron chi connectivity index (χ4n) is 12.1. The van der Waals surface area contributed by atoms with Crippen molar-refractivity contribution in [1.82, 2.24) is 9.80 Å². The highest BCUT2D eigenvalue weighted by Crippen LogP contribution is 2.66. The highest BCUT2D eigenvalue weighted by molar-refractivity contribution is 8.13. The zero-order chi connectivity index (χ0) is 47.4. The van der Waals surface area contributed by atoms with Crippen molar-refractivity contribution in [3.63, 3.8) is 0 Å². The Balaban J connectivity index is 1.33. The minimum atomic E-state index is -0.251. The van der Waals surface area contributed by atoms with Crippen molar-refractivity contribution >= 4 is 28.9 Å². The lowest BCUT2D eigenvalue weighted by Crippen LogP contribution is -2.46. The zero-order valence-electron chi connectivity index (χ0n) is 43.6. The average Bonchev–Trinajstić information content (AvgIpc) is 3.63. The van der Waals surface area contributed by atoms with Gasteiger partial charge in [0.15, 0.2) is 0 Å². The van der Waals surface area contributed by atoms with Crippen LogP contribution in [0.1, 0.15) is 209 Å². The van der Waals surface area contributed by atoms with Crippen molar-refractivity contribution in [3.05, 3.63) is 35.5 Å². The molecule has 372 valence electrons. The van der Waals surface area contributed by atoms with Gasteiger partial charge in [-0.15, -0.1) is 0 Å². The molecule has 1 amide bonds. The van der Waals surface area contributed by atoms with E-state index in [0.717, 1.165) is 63.8 Å². The van der Waals surface area contributed by atoms with E-state index in [9.17, 15) is 14.4 Å². The van der Waals surface area contributed by atoms with Crippen LogP contribution in [0.4, 0.5) is 4.79 Å². The second-order valence-electron chi connectivity index (χ2n) is 22.3. The normalized spacial score (nSPS) is 26.1. The van der Waals surface area contributed by atoms with Gasteiger partial charge in [-0.25, -0.2) is 0 Å². The number of hydrogen-bond donors (Lipinski definition) is 0. The third-order valence-electron chi connectivity index (χ3n) is 16.8. The predicted molar refractivity (Wildman–Crippen MR) is 275 cm³/mol. The number of fused-ring (bicyclic) bond motifs is 5. The largest absolute Gasteiger partial charge is 0.462 e. The molecule has 7 nitrogen and oxygen atoms in total. The molecule has 3 fully saturated rings. The molecule has 4 aliphatic carbocycles. The zero-order valence-corrected chi connectivity index (χ0v) is 44.4. The quantitative estimate of drug-likeness (QED) is 0.0403. The molecule has 65 heavy (non-hydrogen) atoms. The molecule has 4 aliphatic rings. The molecule has 0 aromatic heterocycles. The summed E-state index contributed by atoms with van der Waals surface area (Å²) in [7, 11) is 4.08. The smallest absolute Gasteiger partial charge is 0.307 e. The third kappa shape index (κ3) is 17.1. The molecule has 8 atom stereocenters. The van der Waals surface area contributed by atoms with E-state index in [1.165, 1.54) is 107 Å². The lowest BCUT2D eigenvalue weighted by atomic mass is 9.50. The number of esters is 2. The Labute approximate surface area is 403 Å². The van der Waals surface area contributed by atoms with Crippen LogP contribution in [0.15, 0.2) is 35.5 Å².